The number of carboxylic acids is 1. The second-order valence-corrected chi connectivity index (χ2v) is 3.79. The Kier molecular flexibility index (Phi) is 3.46. The summed E-state index contributed by atoms with van der Waals surface area (Å²) in [5.74, 6) is -1.45. The van der Waals surface area contributed by atoms with Crippen molar-refractivity contribution in [3.8, 4) is 11.4 Å². The molecular weight excluding hydrogens is 256 g/mol. The highest BCUT2D eigenvalue weighted by Crippen LogP contribution is 2.24. The highest BCUT2D eigenvalue weighted by molar-refractivity contribution is 5.88. The average molecular weight is 265 g/mol. The third-order valence-corrected chi connectivity index (χ3v) is 2.54. The Morgan fingerprint density at radius 3 is 2.68 bits per heavy atom. The molecule has 2 rings (SSSR count). The van der Waals surface area contributed by atoms with Crippen molar-refractivity contribution >= 4 is 5.97 Å². The van der Waals surface area contributed by atoms with Crippen LogP contribution in [0.1, 0.15) is 28.0 Å². The topological polar surface area (TPSA) is 76.0 Å². The molecule has 0 unspecified atom stereocenters. The van der Waals surface area contributed by atoms with Gasteiger partial charge in [-0.1, -0.05) is 0 Å². The van der Waals surface area contributed by atoms with E-state index >= 15 is 0 Å². The number of carboxylic acid groups (broad SMARTS) is 1. The molecule has 98 valence electrons. The van der Waals surface area contributed by atoms with Crippen molar-refractivity contribution in [1.29, 1.82) is 0 Å². The summed E-state index contributed by atoms with van der Waals surface area (Å²) in [6, 6.07) is 1.69. The summed E-state index contributed by atoms with van der Waals surface area (Å²) in [5, 5.41) is 8.80. The Morgan fingerprint density at radius 1 is 1.37 bits per heavy atom. The second kappa shape index (κ2) is 5.05. The molecule has 0 aliphatic rings. The van der Waals surface area contributed by atoms with Crippen molar-refractivity contribution in [2.45, 2.75) is 13.3 Å². The van der Waals surface area contributed by atoms with Crippen LogP contribution >= 0.6 is 0 Å². The van der Waals surface area contributed by atoms with Gasteiger partial charge in [-0.15, -0.1) is 0 Å². The van der Waals surface area contributed by atoms with Crippen molar-refractivity contribution in [1.82, 2.24) is 15.0 Å². The number of pyridine rings is 1. The lowest BCUT2D eigenvalue weighted by Gasteiger charge is -2.08. The van der Waals surface area contributed by atoms with Crippen LogP contribution in [0.3, 0.4) is 0 Å². The van der Waals surface area contributed by atoms with E-state index in [0.29, 0.717) is 5.56 Å². The monoisotopic (exact) mass is 265 g/mol. The number of aryl methyl sites for hydroxylation is 1. The molecular formula is C12H9F2N3O2. The van der Waals surface area contributed by atoms with Gasteiger partial charge in [0.15, 0.2) is 5.82 Å². The number of hydrogen-bond donors (Lipinski definition) is 1. The van der Waals surface area contributed by atoms with Gasteiger partial charge >= 0.3 is 5.97 Å². The minimum absolute atomic E-state index is 0.0332. The van der Waals surface area contributed by atoms with Gasteiger partial charge in [0, 0.05) is 24.2 Å². The largest absolute Gasteiger partial charge is 0.478 e. The minimum Gasteiger partial charge on any atom is -0.478 e. The van der Waals surface area contributed by atoms with E-state index in [2.05, 4.69) is 15.0 Å². The molecule has 0 bridgehead atoms. The number of carbonyl (C=O) groups is 1. The lowest BCUT2D eigenvalue weighted by molar-refractivity contribution is 0.0681. The molecule has 0 radical (unpaired) electrons. The Morgan fingerprint density at radius 2 is 2.11 bits per heavy atom. The fourth-order valence-corrected chi connectivity index (χ4v) is 1.55. The molecule has 2 heterocycles. The van der Waals surface area contributed by atoms with Gasteiger partial charge in [0.25, 0.3) is 6.43 Å². The second-order valence-electron chi connectivity index (χ2n) is 3.79. The standard InChI is InChI=1S/C12H9F2N3O2/c1-6-2-3-15-4-7(6)11-16-5-8(12(18)19)9(17-11)10(13)14/h2-5,10H,1H3,(H,18,19). The summed E-state index contributed by atoms with van der Waals surface area (Å²) >= 11 is 0. The fraction of sp³-hybridized carbons (Fsp3) is 0.167. The summed E-state index contributed by atoms with van der Waals surface area (Å²) in [7, 11) is 0. The van der Waals surface area contributed by atoms with Gasteiger partial charge in [-0.05, 0) is 18.6 Å². The Bertz CT molecular complexity index is 632. The maximum atomic E-state index is 12.8. The molecule has 0 aliphatic carbocycles. The first-order valence-electron chi connectivity index (χ1n) is 5.30. The number of aromatic carboxylic acids is 1. The maximum Gasteiger partial charge on any atom is 0.339 e. The zero-order valence-corrected chi connectivity index (χ0v) is 9.84. The predicted molar refractivity (Wildman–Crippen MR) is 61.9 cm³/mol. The van der Waals surface area contributed by atoms with Gasteiger partial charge in [-0.25, -0.2) is 23.5 Å². The highest BCUT2D eigenvalue weighted by Gasteiger charge is 2.21. The number of aromatic nitrogens is 3. The van der Waals surface area contributed by atoms with Gasteiger partial charge in [0.1, 0.15) is 11.3 Å². The molecule has 0 saturated heterocycles. The SMILES string of the molecule is Cc1ccncc1-c1ncc(C(=O)O)c(C(F)F)n1. The van der Waals surface area contributed by atoms with Crippen LogP contribution in [-0.2, 0) is 0 Å². The third kappa shape index (κ3) is 2.54. The van der Waals surface area contributed by atoms with Crippen LogP contribution in [0.2, 0.25) is 0 Å². The molecule has 2 aromatic heterocycles. The normalized spacial score (nSPS) is 10.7. The first-order valence-corrected chi connectivity index (χ1v) is 5.30. The molecule has 19 heavy (non-hydrogen) atoms. The van der Waals surface area contributed by atoms with E-state index in [9.17, 15) is 13.6 Å². The molecule has 1 N–H and O–H groups in total. The van der Waals surface area contributed by atoms with Crippen LogP contribution < -0.4 is 0 Å². The summed E-state index contributed by atoms with van der Waals surface area (Å²) in [5.41, 5.74) is -0.138. The lowest BCUT2D eigenvalue weighted by Crippen LogP contribution is -2.08. The predicted octanol–water partition coefficient (Wildman–Crippen LogP) is 2.48. The Labute approximate surface area is 107 Å². The summed E-state index contributed by atoms with van der Waals surface area (Å²) in [6.45, 7) is 1.76. The molecule has 0 amide bonds. The van der Waals surface area contributed by atoms with Crippen LogP contribution in [0.4, 0.5) is 8.78 Å². The molecule has 0 fully saturated rings. The number of hydrogen-bond acceptors (Lipinski definition) is 4. The van der Waals surface area contributed by atoms with E-state index in [1.807, 2.05) is 0 Å². The number of halogens is 2. The molecule has 0 aromatic carbocycles. The van der Waals surface area contributed by atoms with Crippen molar-refractivity contribution in [3.63, 3.8) is 0 Å². The van der Waals surface area contributed by atoms with Crippen LogP contribution in [0.5, 0.6) is 0 Å². The third-order valence-electron chi connectivity index (χ3n) is 2.54. The molecule has 0 spiro atoms. The van der Waals surface area contributed by atoms with Crippen LogP contribution in [-0.4, -0.2) is 26.0 Å². The van der Waals surface area contributed by atoms with Gasteiger partial charge in [0.05, 0.1) is 0 Å². The minimum atomic E-state index is -2.98. The van der Waals surface area contributed by atoms with Gasteiger partial charge < -0.3 is 5.11 Å². The molecule has 2 aromatic rings. The van der Waals surface area contributed by atoms with E-state index in [-0.39, 0.29) is 5.82 Å². The molecule has 5 nitrogen and oxygen atoms in total. The average Bonchev–Trinajstić information content (AvgIpc) is 2.38. The molecule has 0 atom stereocenters. The summed E-state index contributed by atoms with van der Waals surface area (Å²) in [6.07, 6.45) is 0.905. The molecule has 0 saturated carbocycles. The zero-order valence-electron chi connectivity index (χ0n) is 9.84. The van der Waals surface area contributed by atoms with Crippen LogP contribution in [0.25, 0.3) is 11.4 Å². The number of alkyl halides is 2. The number of nitrogens with zero attached hydrogens (tertiary/aromatic N) is 3. The van der Waals surface area contributed by atoms with Crippen molar-refractivity contribution in [2.24, 2.45) is 0 Å². The van der Waals surface area contributed by atoms with E-state index < -0.39 is 23.7 Å². The lowest BCUT2D eigenvalue weighted by atomic mass is 10.1. The van der Waals surface area contributed by atoms with E-state index in [0.717, 1.165) is 11.8 Å². The van der Waals surface area contributed by atoms with E-state index in [4.69, 9.17) is 5.11 Å². The first-order chi connectivity index (χ1) is 9.00. The van der Waals surface area contributed by atoms with Crippen molar-refractivity contribution in [3.05, 3.63) is 41.5 Å². The first kappa shape index (κ1) is 13.0. The Balaban J connectivity index is 2.59. The fourth-order valence-electron chi connectivity index (χ4n) is 1.55. The van der Waals surface area contributed by atoms with Gasteiger partial charge in [-0.3, -0.25) is 4.98 Å². The van der Waals surface area contributed by atoms with Gasteiger partial charge in [0.2, 0.25) is 0 Å². The number of rotatable bonds is 3. The van der Waals surface area contributed by atoms with Crippen LogP contribution in [0.15, 0.2) is 24.7 Å². The Hall–Kier alpha value is -2.44. The van der Waals surface area contributed by atoms with Crippen molar-refractivity contribution < 1.29 is 18.7 Å². The summed E-state index contributed by atoms with van der Waals surface area (Å²) in [4.78, 5) is 22.1. The molecule has 7 heteroatoms. The van der Waals surface area contributed by atoms with Crippen molar-refractivity contribution in [2.75, 3.05) is 0 Å². The summed E-state index contributed by atoms with van der Waals surface area (Å²) < 4.78 is 25.6. The zero-order chi connectivity index (χ0) is 14.0. The van der Waals surface area contributed by atoms with E-state index in [1.54, 1.807) is 19.2 Å². The van der Waals surface area contributed by atoms with Gasteiger partial charge in [-0.2, -0.15) is 0 Å². The maximum absolute atomic E-state index is 12.8. The smallest absolute Gasteiger partial charge is 0.339 e. The quantitative estimate of drug-likeness (QED) is 0.922. The van der Waals surface area contributed by atoms with Crippen LogP contribution in [0, 0.1) is 6.92 Å². The highest BCUT2D eigenvalue weighted by atomic mass is 19.3. The van der Waals surface area contributed by atoms with E-state index in [1.165, 1.54) is 6.20 Å². The molecule has 0 aliphatic heterocycles.